The maximum absolute atomic E-state index is 12.4. The van der Waals surface area contributed by atoms with Gasteiger partial charge in [-0.1, -0.05) is 11.2 Å². The molecule has 2 aromatic heterocycles. The van der Waals surface area contributed by atoms with Crippen molar-refractivity contribution in [3.8, 4) is 22.9 Å². The number of fused-ring (bicyclic) bond motifs is 1. The summed E-state index contributed by atoms with van der Waals surface area (Å²) in [5.74, 6) is 2.49. The molecule has 0 saturated carbocycles. The molecule has 0 fully saturated rings. The number of rotatable bonds is 6. The number of nitrogens with zero attached hydrogens (tertiary/aromatic N) is 3. The minimum absolute atomic E-state index is 0.0120. The van der Waals surface area contributed by atoms with Gasteiger partial charge in [0.05, 0.1) is 0 Å². The van der Waals surface area contributed by atoms with Gasteiger partial charge in [-0.3, -0.25) is 4.79 Å². The minimum atomic E-state index is 0.0120. The summed E-state index contributed by atoms with van der Waals surface area (Å²) < 4.78 is 15.9. The number of aryl methyl sites for hydroxylation is 1. The molecular weight excluding hydrogens is 354 g/mol. The minimum Gasteiger partial charge on any atom is -0.454 e. The molecule has 26 heavy (non-hydrogen) atoms. The average molecular weight is 371 g/mol. The van der Waals surface area contributed by atoms with Crippen LogP contribution in [-0.4, -0.2) is 34.8 Å². The van der Waals surface area contributed by atoms with E-state index in [4.69, 9.17) is 14.0 Å². The van der Waals surface area contributed by atoms with E-state index in [-0.39, 0.29) is 12.7 Å². The molecule has 3 heterocycles. The van der Waals surface area contributed by atoms with E-state index in [2.05, 4.69) is 10.1 Å². The number of thiophene rings is 1. The van der Waals surface area contributed by atoms with Gasteiger partial charge < -0.3 is 18.9 Å². The summed E-state index contributed by atoms with van der Waals surface area (Å²) in [6, 6.07) is 7.63. The van der Waals surface area contributed by atoms with Crippen molar-refractivity contribution in [3.63, 3.8) is 0 Å². The summed E-state index contributed by atoms with van der Waals surface area (Å²) in [4.78, 5) is 18.4. The highest BCUT2D eigenvalue weighted by Crippen LogP contribution is 2.32. The molecule has 0 bridgehead atoms. The van der Waals surface area contributed by atoms with E-state index in [1.165, 1.54) is 0 Å². The molecule has 0 N–H and O–H groups in total. The molecule has 8 heteroatoms. The third-order valence-corrected chi connectivity index (χ3v) is 4.77. The number of benzene rings is 1. The number of amides is 1. The van der Waals surface area contributed by atoms with Crippen LogP contribution in [0.15, 0.2) is 39.5 Å². The third kappa shape index (κ3) is 3.55. The summed E-state index contributed by atoms with van der Waals surface area (Å²) >= 11 is 1.57. The summed E-state index contributed by atoms with van der Waals surface area (Å²) in [5, 5.41) is 7.87. The van der Waals surface area contributed by atoms with Gasteiger partial charge >= 0.3 is 0 Å². The zero-order chi connectivity index (χ0) is 17.9. The van der Waals surface area contributed by atoms with Crippen molar-refractivity contribution in [2.75, 3.05) is 13.8 Å². The van der Waals surface area contributed by atoms with Crippen molar-refractivity contribution in [3.05, 3.63) is 46.5 Å². The first kappa shape index (κ1) is 16.6. The van der Waals surface area contributed by atoms with Gasteiger partial charge in [0.1, 0.15) is 0 Å². The molecule has 0 spiro atoms. The molecule has 1 aliphatic heterocycles. The maximum Gasteiger partial charge on any atom is 0.231 e. The van der Waals surface area contributed by atoms with E-state index in [1.807, 2.05) is 35.0 Å². The number of carbonyl (C=O) groups is 1. The molecule has 1 amide bonds. The average Bonchev–Trinajstić information content (AvgIpc) is 3.39. The fourth-order valence-corrected chi connectivity index (χ4v) is 3.31. The lowest BCUT2D eigenvalue weighted by atomic mass is 10.2. The second kappa shape index (κ2) is 7.17. The van der Waals surface area contributed by atoms with Gasteiger partial charge in [-0.25, -0.2) is 0 Å². The monoisotopic (exact) mass is 371 g/mol. The Balaban J connectivity index is 1.32. The highest BCUT2D eigenvalue weighted by atomic mass is 32.1. The number of carbonyl (C=O) groups excluding carboxylic acids is 1. The molecule has 134 valence electrons. The Bertz CT molecular complexity index is 907. The lowest BCUT2D eigenvalue weighted by Crippen LogP contribution is -2.26. The molecule has 1 aromatic carbocycles. The summed E-state index contributed by atoms with van der Waals surface area (Å²) in [6.07, 6.45) is 0.730. The van der Waals surface area contributed by atoms with Crippen LogP contribution >= 0.6 is 11.3 Å². The first-order valence-corrected chi connectivity index (χ1v) is 9.11. The van der Waals surface area contributed by atoms with Crippen LogP contribution in [-0.2, 0) is 17.8 Å². The van der Waals surface area contributed by atoms with E-state index in [0.29, 0.717) is 31.1 Å². The highest BCUT2D eigenvalue weighted by molar-refractivity contribution is 7.08. The Labute approximate surface area is 154 Å². The Morgan fingerprint density at radius 3 is 3.00 bits per heavy atom. The van der Waals surface area contributed by atoms with Gasteiger partial charge in [0.15, 0.2) is 11.5 Å². The molecule has 3 aromatic rings. The Kier molecular flexibility index (Phi) is 4.57. The van der Waals surface area contributed by atoms with Crippen LogP contribution in [0.3, 0.4) is 0 Å². The van der Waals surface area contributed by atoms with E-state index in [1.54, 1.807) is 23.3 Å². The lowest BCUT2D eigenvalue weighted by Gasteiger charge is -2.17. The van der Waals surface area contributed by atoms with Crippen molar-refractivity contribution in [1.29, 1.82) is 0 Å². The van der Waals surface area contributed by atoms with Crippen LogP contribution in [0.2, 0.25) is 0 Å². The van der Waals surface area contributed by atoms with E-state index < -0.39 is 0 Å². The van der Waals surface area contributed by atoms with Gasteiger partial charge in [-0.15, -0.1) is 0 Å². The molecule has 0 unspecified atom stereocenters. The zero-order valence-electron chi connectivity index (χ0n) is 14.2. The van der Waals surface area contributed by atoms with Gasteiger partial charge in [0, 0.05) is 37.4 Å². The quantitative estimate of drug-likeness (QED) is 0.662. The van der Waals surface area contributed by atoms with Crippen LogP contribution < -0.4 is 9.47 Å². The smallest absolute Gasteiger partial charge is 0.231 e. The van der Waals surface area contributed by atoms with E-state index >= 15 is 0 Å². The number of ether oxygens (including phenoxy) is 2. The van der Waals surface area contributed by atoms with Crippen LogP contribution in [0.5, 0.6) is 11.5 Å². The molecule has 0 atom stereocenters. The zero-order valence-corrected chi connectivity index (χ0v) is 15.0. The van der Waals surface area contributed by atoms with Crippen LogP contribution in [0.25, 0.3) is 11.4 Å². The molecule has 7 nitrogen and oxygen atoms in total. The SMILES string of the molecule is CN(Cc1ccc2c(c1)OCO2)C(=O)CCc1nc(-c2ccsc2)no1. The van der Waals surface area contributed by atoms with Crippen molar-refractivity contribution in [1.82, 2.24) is 15.0 Å². The number of hydrogen-bond acceptors (Lipinski definition) is 7. The second-order valence-corrected chi connectivity index (χ2v) is 6.74. The molecule has 0 saturated heterocycles. The highest BCUT2D eigenvalue weighted by Gasteiger charge is 2.16. The fourth-order valence-electron chi connectivity index (χ4n) is 2.67. The van der Waals surface area contributed by atoms with Crippen LogP contribution in [0.4, 0.5) is 0 Å². The Hall–Kier alpha value is -2.87. The van der Waals surface area contributed by atoms with Crippen molar-refractivity contribution < 1.29 is 18.8 Å². The normalized spacial score (nSPS) is 12.3. The predicted molar refractivity (Wildman–Crippen MR) is 95.0 cm³/mol. The van der Waals surface area contributed by atoms with Crippen molar-refractivity contribution in [2.24, 2.45) is 0 Å². The van der Waals surface area contributed by atoms with Crippen LogP contribution in [0, 0.1) is 0 Å². The predicted octanol–water partition coefficient (Wildman–Crippen LogP) is 3.12. The van der Waals surface area contributed by atoms with E-state index in [0.717, 1.165) is 22.6 Å². The van der Waals surface area contributed by atoms with Crippen molar-refractivity contribution in [2.45, 2.75) is 19.4 Å². The third-order valence-electron chi connectivity index (χ3n) is 4.08. The van der Waals surface area contributed by atoms with Gasteiger partial charge in [0.2, 0.25) is 24.4 Å². The molecule has 1 aliphatic rings. The Morgan fingerprint density at radius 2 is 2.15 bits per heavy atom. The topological polar surface area (TPSA) is 77.7 Å². The fraction of sp³-hybridized carbons (Fsp3) is 0.278. The van der Waals surface area contributed by atoms with Crippen LogP contribution in [0.1, 0.15) is 17.9 Å². The van der Waals surface area contributed by atoms with Gasteiger partial charge in [0.25, 0.3) is 0 Å². The summed E-state index contributed by atoms with van der Waals surface area (Å²) in [5.41, 5.74) is 1.92. The second-order valence-electron chi connectivity index (χ2n) is 5.96. The molecule has 0 radical (unpaired) electrons. The molecular formula is C18H17N3O4S. The standard InChI is InChI=1S/C18H17N3O4S/c1-21(9-12-2-3-14-15(8-12)24-11-23-14)17(22)5-4-16-19-18(20-25-16)13-6-7-26-10-13/h2-3,6-8,10H,4-5,9,11H2,1H3. The van der Waals surface area contributed by atoms with Crippen molar-refractivity contribution >= 4 is 17.2 Å². The van der Waals surface area contributed by atoms with Gasteiger partial charge in [-0.2, -0.15) is 16.3 Å². The van der Waals surface area contributed by atoms with E-state index in [9.17, 15) is 4.79 Å². The number of aromatic nitrogens is 2. The summed E-state index contributed by atoms with van der Waals surface area (Å²) in [6.45, 7) is 0.741. The summed E-state index contributed by atoms with van der Waals surface area (Å²) in [7, 11) is 1.78. The molecule has 0 aliphatic carbocycles. The molecule has 4 rings (SSSR count). The lowest BCUT2D eigenvalue weighted by molar-refractivity contribution is -0.130. The first-order valence-electron chi connectivity index (χ1n) is 8.17. The Morgan fingerprint density at radius 1 is 1.27 bits per heavy atom. The largest absolute Gasteiger partial charge is 0.454 e. The first-order chi connectivity index (χ1) is 12.7. The number of hydrogen-bond donors (Lipinski definition) is 0. The van der Waals surface area contributed by atoms with Gasteiger partial charge in [-0.05, 0) is 29.1 Å². The maximum atomic E-state index is 12.4.